The number of halogens is 4. The topological polar surface area (TPSA) is 20.3 Å². The Bertz CT molecular complexity index is 531. The fraction of sp³-hybridized carbons (Fsp3) is 0.400. The van der Waals surface area contributed by atoms with Crippen molar-refractivity contribution in [2.24, 2.45) is 0 Å². The summed E-state index contributed by atoms with van der Waals surface area (Å²) >= 11 is 5.70. The lowest BCUT2D eigenvalue weighted by molar-refractivity contribution is -0.112. The maximum absolute atomic E-state index is 13.2. The Kier molecular flexibility index (Phi) is 4.93. The summed E-state index contributed by atoms with van der Waals surface area (Å²) in [6.45, 7) is 0.665. The van der Waals surface area contributed by atoms with E-state index in [1.54, 1.807) is 0 Å². The number of hydrogen-bond donors (Lipinski definition) is 0. The first-order chi connectivity index (χ1) is 9.88. The third-order valence-corrected chi connectivity index (χ3v) is 3.64. The lowest BCUT2D eigenvalue weighted by atomic mass is 10.1. The minimum Gasteiger partial charge on any atom is -0.367 e. The van der Waals surface area contributed by atoms with Gasteiger partial charge in [-0.3, -0.25) is 4.79 Å². The Morgan fingerprint density at radius 2 is 1.67 bits per heavy atom. The minimum atomic E-state index is -4.53. The third kappa shape index (κ3) is 4.24. The Morgan fingerprint density at radius 1 is 1.10 bits per heavy atom. The molecule has 1 aliphatic rings. The van der Waals surface area contributed by atoms with Crippen LogP contribution in [0, 0.1) is 0 Å². The summed E-state index contributed by atoms with van der Waals surface area (Å²) in [5, 5.41) is 0.433. The van der Waals surface area contributed by atoms with Gasteiger partial charge in [-0.05, 0) is 43.5 Å². The smallest absolute Gasteiger partial charge is 0.367 e. The fourth-order valence-corrected chi connectivity index (χ4v) is 2.43. The maximum atomic E-state index is 13.2. The molecule has 2 nitrogen and oxygen atoms in total. The molecule has 1 fully saturated rings. The molecular formula is C15H15ClF3NO. The first-order valence-electron chi connectivity index (χ1n) is 6.71. The van der Waals surface area contributed by atoms with Crippen molar-refractivity contribution in [1.29, 1.82) is 0 Å². The van der Waals surface area contributed by atoms with Gasteiger partial charge < -0.3 is 4.90 Å². The molecular weight excluding hydrogens is 303 g/mol. The largest absolute Gasteiger partial charge is 0.431 e. The van der Waals surface area contributed by atoms with Crippen LogP contribution in [0.5, 0.6) is 0 Å². The molecule has 1 heterocycles. The average molecular weight is 318 g/mol. The molecule has 0 atom stereocenters. The van der Waals surface area contributed by atoms with Gasteiger partial charge in [-0.15, -0.1) is 0 Å². The molecule has 0 radical (unpaired) electrons. The van der Waals surface area contributed by atoms with E-state index in [1.165, 1.54) is 29.2 Å². The van der Waals surface area contributed by atoms with E-state index in [0.29, 0.717) is 37.0 Å². The number of nitrogens with zero attached hydrogens (tertiary/aromatic N) is 1. The molecule has 1 aliphatic heterocycles. The van der Waals surface area contributed by atoms with E-state index in [2.05, 4.69) is 0 Å². The Morgan fingerprint density at radius 3 is 2.19 bits per heavy atom. The van der Waals surface area contributed by atoms with E-state index in [-0.39, 0.29) is 5.56 Å². The summed E-state index contributed by atoms with van der Waals surface area (Å²) in [5.74, 6) is -0.662. The summed E-state index contributed by atoms with van der Waals surface area (Å²) < 4.78 is 39.5. The van der Waals surface area contributed by atoms with Crippen molar-refractivity contribution in [3.63, 3.8) is 0 Å². The second-order valence-corrected chi connectivity index (χ2v) is 5.38. The van der Waals surface area contributed by atoms with Crippen LogP contribution >= 0.6 is 11.6 Å². The van der Waals surface area contributed by atoms with E-state index in [1.807, 2.05) is 0 Å². The second-order valence-electron chi connectivity index (χ2n) is 4.95. The zero-order valence-corrected chi connectivity index (χ0v) is 12.0. The van der Waals surface area contributed by atoms with Crippen LogP contribution in [0.4, 0.5) is 13.2 Å². The molecule has 1 saturated heterocycles. The monoisotopic (exact) mass is 317 g/mol. The highest BCUT2D eigenvalue weighted by Gasteiger charge is 2.38. The molecule has 6 heteroatoms. The molecule has 0 N–H and O–H groups in total. The lowest BCUT2D eigenvalue weighted by Crippen LogP contribution is -2.36. The summed E-state index contributed by atoms with van der Waals surface area (Å²) in [5.41, 5.74) is -0.666. The highest BCUT2D eigenvalue weighted by atomic mass is 35.5. The van der Waals surface area contributed by atoms with E-state index in [4.69, 9.17) is 11.6 Å². The van der Waals surface area contributed by atoms with Gasteiger partial charge in [-0.1, -0.05) is 11.6 Å². The van der Waals surface area contributed by atoms with Crippen LogP contribution in [0.1, 0.15) is 29.6 Å². The Hall–Kier alpha value is -1.49. The molecule has 1 aromatic rings. The van der Waals surface area contributed by atoms with E-state index < -0.39 is 17.7 Å². The first kappa shape index (κ1) is 15.9. The van der Waals surface area contributed by atoms with Crippen LogP contribution in [0.3, 0.4) is 0 Å². The summed E-state index contributed by atoms with van der Waals surface area (Å²) in [6.07, 6.45) is -1.49. The molecule has 0 bridgehead atoms. The van der Waals surface area contributed by atoms with Gasteiger partial charge in [-0.2, -0.15) is 13.2 Å². The molecule has 21 heavy (non-hydrogen) atoms. The number of likely N-dealkylation sites (tertiary alicyclic amines) is 1. The van der Waals surface area contributed by atoms with Crippen molar-refractivity contribution in [3.8, 4) is 0 Å². The predicted molar refractivity (Wildman–Crippen MR) is 75.3 cm³/mol. The molecule has 114 valence electrons. The molecule has 0 saturated carbocycles. The SMILES string of the molecule is O=C(/C=C(\N1CCCCC1)C(F)(F)F)c1ccc(Cl)cc1. The van der Waals surface area contributed by atoms with Crippen LogP contribution in [-0.2, 0) is 0 Å². The van der Waals surface area contributed by atoms with E-state index in [0.717, 1.165) is 6.42 Å². The van der Waals surface area contributed by atoms with Crippen molar-refractivity contribution < 1.29 is 18.0 Å². The van der Waals surface area contributed by atoms with Crippen molar-refractivity contribution in [2.45, 2.75) is 25.4 Å². The van der Waals surface area contributed by atoms with Gasteiger partial charge in [0.05, 0.1) is 0 Å². The summed E-state index contributed by atoms with van der Waals surface area (Å²) in [6, 6.07) is 5.81. The van der Waals surface area contributed by atoms with Gasteiger partial charge in [0.25, 0.3) is 0 Å². The quantitative estimate of drug-likeness (QED) is 0.606. The molecule has 1 aromatic carbocycles. The number of hydrogen-bond acceptors (Lipinski definition) is 2. The zero-order valence-electron chi connectivity index (χ0n) is 11.3. The zero-order chi connectivity index (χ0) is 15.5. The highest BCUT2D eigenvalue weighted by molar-refractivity contribution is 6.30. The molecule has 0 amide bonds. The highest BCUT2D eigenvalue weighted by Crippen LogP contribution is 2.31. The minimum absolute atomic E-state index is 0.193. The third-order valence-electron chi connectivity index (χ3n) is 3.38. The van der Waals surface area contributed by atoms with Gasteiger partial charge in [0, 0.05) is 29.8 Å². The summed E-state index contributed by atoms with van der Waals surface area (Å²) in [7, 11) is 0. The number of alkyl halides is 3. The fourth-order valence-electron chi connectivity index (χ4n) is 2.31. The van der Waals surface area contributed by atoms with Gasteiger partial charge in [0.15, 0.2) is 5.78 Å². The van der Waals surface area contributed by atoms with Gasteiger partial charge >= 0.3 is 6.18 Å². The van der Waals surface area contributed by atoms with Crippen LogP contribution in [0.15, 0.2) is 36.0 Å². The number of ketones is 1. The van der Waals surface area contributed by atoms with E-state index in [9.17, 15) is 18.0 Å². The van der Waals surface area contributed by atoms with Crippen LogP contribution in [-0.4, -0.2) is 29.9 Å². The molecule has 2 rings (SSSR count). The van der Waals surface area contributed by atoms with Crippen molar-refractivity contribution in [3.05, 3.63) is 46.6 Å². The lowest BCUT2D eigenvalue weighted by Gasteiger charge is -2.31. The van der Waals surface area contributed by atoms with Crippen LogP contribution in [0.2, 0.25) is 5.02 Å². The summed E-state index contributed by atoms with van der Waals surface area (Å²) in [4.78, 5) is 13.3. The number of piperidine rings is 1. The Labute approximate surface area is 126 Å². The van der Waals surface area contributed by atoms with Gasteiger partial charge in [0.2, 0.25) is 0 Å². The normalized spacial score (nSPS) is 17.0. The first-order valence-corrected chi connectivity index (χ1v) is 7.09. The van der Waals surface area contributed by atoms with Crippen LogP contribution in [0.25, 0.3) is 0 Å². The van der Waals surface area contributed by atoms with Crippen molar-refractivity contribution in [1.82, 2.24) is 4.90 Å². The predicted octanol–water partition coefficient (Wildman–Crippen LogP) is 4.45. The number of benzene rings is 1. The Balaban J connectivity index is 2.27. The van der Waals surface area contributed by atoms with E-state index >= 15 is 0 Å². The second kappa shape index (κ2) is 6.52. The average Bonchev–Trinajstić information content (AvgIpc) is 2.45. The maximum Gasteiger partial charge on any atom is 0.431 e. The number of carbonyl (C=O) groups excluding carboxylic acids is 1. The number of rotatable bonds is 3. The molecule has 0 unspecified atom stereocenters. The van der Waals surface area contributed by atoms with Crippen molar-refractivity contribution in [2.75, 3.05) is 13.1 Å². The molecule has 0 aromatic heterocycles. The van der Waals surface area contributed by atoms with Crippen molar-refractivity contribution >= 4 is 17.4 Å². The van der Waals surface area contributed by atoms with Crippen LogP contribution < -0.4 is 0 Å². The number of carbonyl (C=O) groups is 1. The standard InChI is InChI=1S/C15H15ClF3NO/c16-12-6-4-11(5-7-12)13(21)10-14(15(17,18)19)20-8-2-1-3-9-20/h4-7,10H,1-3,8-9H2/b14-10-. The van der Waals surface area contributed by atoms with Gasteiger partial charge in [0.1, 0.15) is 5.70 Å². The number of allylic oxidation sites excluding steroid dienone is 2. The van der Waals surface area contributed by atoms with Gasteiger partial charge in [-0.25, -0.2) is 0 Å². The molecule has 0 spiro atoms. The molecule has 0 aliphatic carbocycles.